The molecule has 0 saturated carbocycles. The Morgan fingerprint density at radius 3 is 1.66 bits per heavy atom. The van der Waals surface area contributed by atoms with Crippen LogP contribution in [0.25, 0.3) is 135 Å². The third-order valence-corrected chi connectivity index (χ3v) is 15.1. The summed E-state index contributed by atoms with van der Waals surface area (Å²) in [5.74, 6) is 0.711. The van der Waals surface area contributed by atoms with Crippen LogP contribution in [-0.2, 0) is 0 Å². The van der Waals surface area contributed by atoms with Crippen LogP contribution in [0.4, 0.5) is 0 Å². The lowest BCUT2D eigenvalue weighted by atomic mass is 9.91. The van der Waals surface area contributed by atoms with Gasteiger partial charge in [0.2, 0.25) is 0 Å². The van der Waals surface area contributed by atoms with E-state index < -0.39 is 0 Å². The molecule has 6 heteroatoms. The van der Waals surface area contributed by atoms with Crippen molar-refractivity contribution in [1.29, 1.82) is 0 Å². The van der Waals surface area contributed by atoms with E-state index in [-0.39, 0.29) is 0 Å². The maximum absolute atomic E-state index is 7.20. The Bertz CT molecular complexity index is 4120. The van der Waals surface area contributed by atoms with Crippen molar-refractivity contribution in [3.63, 3.8) is 0 Å². The van der Waals surface area contributed by atoms with Gasteiger partial charge in [-0.3, -0.25) is 0 Å². The molecule has 0 aliphatic heterocycles. The standard InChI is InChI=1S/C58H33N3OS2/c1-4-16-34(17-5-1)43-32-37(52-57-53(42-24-12-15-27-48(42)64-57)60-58(59-52)36-20-8-3-9-21-36)33-44(35-18-6-2-7-19-35)54(43)61-45-25-13-10-22-40(45)50-46(61)30-28-38-39-29-31-49-51(56(39)62-55(38)50)41-23-11-14-26-47(41)63-49/h1-33H. The molecular formula is C58H33N3OS2. The van der Waals surface area contributed by atoms with E-state index in [9.17, 15) is 0 Å². The van der Waals surface area contributed by atoms with Gasteiger partial charge in [-0.15, -0.1) is 22.7 Å². The van der Waals surface area contributed by atoms with Gasteiger partial charge in [0.1, 0.15) is 11.2 Å². The molecule has 0 aliphatic carbocycles. The topological polar surface area (TPSA) is 43.9 Å². The monoisotopic (exact) mass is 851 g/mol. The van der Waals surface area contributed by atoms with Crippen LogP contribution in [0.3, 0.4) is 0 Å². The molecule has 14 rings (SSSR count). The van der Waals surface area contributed by atoms with Crippen LogP contribution in [0, 0.1) is 0 Å². The Labute approximate surface area is 374 Å². The number of furan rings is 1. The van der Waals surface area contributed by atoms with Crippen molar-refractivity contribution in [3.8, 4) is 50.6 Å². The first kappa shape index (κ1) is 35.7. The quantitative estimate of drug-likeness (QED) is 0.173. The van der Waals surface area contributed by atoms with Crippen LogP contribution in [0.2, 0.25) is 0 Å². The fourth-order valence-electron chi connectivity index (χ4n) is 9.98. The first-order valence-electron chi connectivity index (χ1n) is 21.5. The van der Waals surface area contributed by atoms with E-state index in [1.807, 2.05) is 17.4 Å². The van der Waals surface area contributed by atoms with Crippen molar-refractivity contribution in [2.24, 2.45) is 0 Å². The molecule has 64 heavy (non-hydrogen) atoms. The van der Waals surface area contributed by atoms with Crippen LogP contribution in [0.5, 0.6) is 0 Å². The van der Waals surface area contributed by atoms with Gasteiger partial charge in [0.25, 0.3) is 0 Å². The SMILES string of the molecule is c1ccc(-c2nc(-c3cc(-c4ccccc4)c(-n4c5ccccc5c5c6oc7c(ccc8sc9ccccc9c87)c6ccc54)c(-c4ccccc4)c3)c3sc4ccccc4c3n2)cc1. The average molecular weight is 852 g/mol. The third-order valence-electron chi connectivity index (χ3n) is 12.8. The van der Waals surface area contributed by atoms with Crippen molar-refractivity contribution in [1.82, 2.24) is 14.5 Å². The highest BCUT2D eigenvalue weighted by molar-refractivity contribution is 7.26. The maximum Gasteiger partial charge on any atom is 0.160 e. The van der Waals surface area contributed by atoms with E-state index in [1.54, 1.807) is 11.3 Å². The van der Waals surface area contributed by atoms with Gasteiger partial charge in [-0.2, -0.15) is 0 Å². The molecule has 0 amide bonds. The predicted molar refractivity (Wildman–Crippen MR) is 271 cm³/mol. The second-order valence-corrected chi connectivity index (χ2v) is 18.5. The van der Waals surface area contributed by atoms with Gasteiger partial charge in [0.15, 0.2) is 5.82 Å². The number of rotatable bonds is 5. The van der Waals surface area contributed by atoms with Gasteiger partial charge in [-0.05, 0) is 65.7 Å². The first-order chi connectivity index (χ1) is 31.7. The normalized spacial score (nSPS) is 12.1. The van der Waals surface area contributed by atoms with E-state index in [0.29, 0.717) is 5.82 Å². The van der Waals surface area contributed by atoms with E-state index in [0.717, 1.165) is 104 Å². The van der Waals surface area contributed by atoms with Crippen LogP contribution >= 0.6 is 22.7 Å². The number of aromatic nitrogens is 3. The van der Waals surface area contributed by atoms with Crippen LogP contribution in [0.15, 0.2) is 205 Å². The Kier molecular flexibility index (Phi) is 7.69. The van der Waals surface area contributed by atoms with Crippen molar-refractivity contribution < 1.29 is 4.42 Å². The van der Waals surface area contributed by atoms with Gasteiger partial charge in [0, 0.05) is 68.7 Å². The molecule has 9 aromatic carbocycles. The minimum absolute atomic E-state index is 0.711. The Hall–Kier alpha value is -7.90. The molecule has 4 nitrogen and oxygen atoms in total. The number of thiophene rings is 2. The summed E-state index contributed by atoms with van der Waals surface area (Å²) in [4.78, 5) is 10.7. The molecule has 0 unspecified atom stereocenters. The third kappa shape index (κ3) is 5.21. The molecule has 0 aliphatic rings. The lowest BCUT2D eigenvalue weighted by Gasteiger charge is -2.21. The maximum atomic E-state index is 7.20. The van der Waals surface area contributed by atoms with Crippen molar-refractivity contribution in [2.45, 2.75) is 0 Å². The predicted octanol–water partition coefficient (Wildman–Crippen LogP) is 16.9. The summed E-state index contributed by atoms with van der Waals surface area (Å²) >= 11 is 3.58. The summed E-state index contributed by atoms with van der Waals surface area (Å²) in [7, 11) is 0. The number of hydrogen-bond donors (Lipinski definition) is 0. The fourth-order valence-corrected chi connectivity index (χ4v) is 12.2. The molecular weight excluding hydrogens is 819 g/mol. The Morgan fingerprint density at radius 2 is 0.953 bits per heavy atom. The lowest BCUT2D eigenvalue weighted by Crippen LogP contribution is -2.02. The minimum atomic E-state index is 0.711. The average Bonchev–Trinajstić information content (AvgIpc) is 4.13. The molecule has 0 spiro atoms. The van der Waals surface area contributed by atoms with E-state index in [1.165, 1.54) is 24.9 Å². The van der Waals surface area contributed by atoms with Crippen molar-refractivity contribution in [3.05, 3.63) is 200 Å². The number of hydrogen-bond acceptors (Lipinski definition) is 5. The summed E-state index contributed by atoms with van der Waals surface area (Å²) in [6.45, 7) is 0. The van der Waals surface area contributed by atoms with Gasteiger partial charge < -0.3 is 8.98 Å². The van der Waals surface area contributed by atoms with E-state index in [2.05, 4.69) is 199 Å². The molecule has 5 aromatic heterocycles. The molecule has 0 saturated heterocycles. The van der Waals surface area contributed by atoms with Crippen molar-refractivity contribution in [2.75, 3.05) is 0 Å². The molecule has 298 valence electrons. The number of benzene rings is 9. The molecule has 0 N–H and O–H groups in total. The highest BCUT2D eigenvalue weighted by Gasteiger charge is 2.26. The van der Waals surface area contributed by atoms with Gasteiger partial charge in [-0.1, -0.05) is 146 Å². The molecule has 0 bridgehead atoms. The highest BCUT2D eigenvalue weighted by atomic mass is 32.1. The van der Waals surface area contributed by atoms with Crippen LogP contribution in [-0.4, -0.2) is 14.5 Å². The molecule has 14 aromatic rings. The zero-order valence-electron chi connectivity index (χ0n) is 34.1. The van der Waals surface area contributed by atoms with Gasteiger partial charge in [-0.25, -0.2) is 9.97 Å². The first-order valence-corrected chi connectivity index (χ1v) is 23.1. The molecule has 0 atom stereocenters. The summed E-state index contributed by atoms with van der Waals surface area (Å²) in [5, 5.41) is 8.07. The van der Waals surface area contributed by atoms with E-state index in [4.69, 9.17) is 14.4 Å². The Balaban J connectivity index is 1.12. The van der Waals surface area contributed by atoms with Crippen LogP contribution in [0.1, 0.15) is 0 Å². The summed E-state index contributed by atoms with van der Waals surface area (Å²) in [6, 6.07) is 71.8. The summed E-state index contributed by atoms with van der Waals surface area (Å²) in [6.07, 6.45) is 0. The largest absolute Gasteiger partial charge is 0.455 e. The summed E-state index contributed by atoms with van der Waals surface area (Å²) in [5.41, 5.74) is 13.5. The number of fused-ring (bicyclic) bond motifs is 14. The van der Waals surface area contributed by atoms with Gasteiger partial charge >= 0.3 is 0 Å². The Morgan fingerprint density at radius 1 is 0.391 bits per heavy atom. The van der Waals surface area contributed by atoms with E-state index >= 15 is 0 Å². The van der Waals surface area contributed by atoms with Crippen molar-refractivity contribution >= 4 is 107 Å². The second-order valence-electron chi connectivity index (χ2n) is 16.4. The molecule has 5 heterocycles. The zero-order chi connectivity index (χ0) is 41.9. The lowest BCUT2D eigenvalue weighted by molar-refractivity contribution is 0.677. The minimum Gasteiger partial charge on any atom is -0.455 e. The number of para-hydroxylation sites is 1. The smallest absolute Gasteiger partial charge is 0.160 e. The molecule has 0 fully saturated rings. The fraction of sp³-hybridized carbons (Fsp3) is 0. The van der Waals surface area contributed by atoms with Gasteiger partial charge in [0.05, 0.1) is 38.0 Å². The second kappa shape index (κ2) is 13.8. The van der Waals surface area contributed by atoms with Crippen LogP contribution < -0.4 is 0 Å². The highest BCUT2D eigenvalue weighted by Crippen LogP contribution is 2.49. The summed E-state index contributed by atoms with van der Waals surface area (Å²) < 4.78 is 14.4. The zero-order valence-corrected chi connectivity index (χ0v) is 35.8. The molecule has 0 radical (unpaired) electrons. The number of nitrogens with zero attached hydrogens (tertiary/aromatic N) is 3.